The number of nitrogens with one attached hydrogen (secondary N) is 1. The second-order valence-electron chi connectivity index (χ2n) is 6.79. The van der Waals surface area contributed by atoms with Gasteiger partial charge in [0.15, 0.2) is 5.69 Å². The van der Waals surface area contributed by atoms with E-state index in [4.69, 9.17) is 4.74 Å². The van der Waals surface area contributed by atoms with Crippen molar-refractivity contribution in [1.29, 1.82) is 0 Å². The third-order valence-corrected chi connectivity index (χ3v) is 5.01. The van der Waals surface area contributed by atoms with Gasteiger partial charge in [-0.3, -0.25) is 19.1 Å². The average Bonchev–Trinajstić information content (AvgIpc) is 2.63. The molecule has 10 heteroatoms. The number of carbonyl (C=O) groups is 2. The first-order chi connectivity index (χ1) is 12.7. The maximum Gasteiger partial charge on any atom is 0.408 e. The summed E-state index contributed by atoms with van der Waals surface area (Å²) < 4.78 is 45.5. The highest BCUT2D eigenvalue weighted by Crippen LogP contribution is 2.29. The van der Waals surface area contributed by atoms with E-state index in [1.54, 1.807) is 0 Å². The van der Waals surface area contributed by atoms with Gasteiger partial charge in [0.05, 0.1) is 5.92 Å². The van der Waals surface area contributed by atoms with Gasteiger partial charge in [-0.1, -0.05) is 19.3 Å². The summed E-state index contributed by atoms with van der Waals surface area (Å²) in [5.41, 5.74) is 1.47. The number of esters is 1. The normalized spacial score (nSPS) is 19.3. The van der Waals surface area contributed by atoms with E-state index < -0.39 is 47.6 Å². The number of alkyl halides is 3. The Labute approximate surface area is 153 Å². The van der Waals surface area contributed by atoms with Crippen LogP contribution in [0.2, 0.25) is 0 Å². The van der Waals surface area contributed by atoms with Crippen molar-refractivity contribution in [3.05, 3.63) is 28.2 Å². The zero-order chi connectivity index (χ0) is 19.8. The van der Waals surface area contributed by atoms with Crippen molar-refractivity contribution in [3.63, 3.8) is 0 Å². The highest BCUT2D eigenvalue weighted by atomic mass is 19.4. The second-order valence-corrected chi connectivity index (χ2v) is 6.79. The molecule has 2 heterocycles. The van der Waals surface area contributed by atoms with E-state index in [2.05, 4.69) is 5.43 Å². The van der Waals surface area contributed by atoms with Crippen molar-refractivity contribution < 1.29 is 27.5 Å². The van der Waals surface area contributed by atoms with Crippen molar-refractivity contribution in [2.75, 3.05) is 12.1 Å². The molecule has 0 unspecified atom stereocenters. The summed E-state index contributed by atoms with van der Waals surface area (Å²) in [4.78, 5) is 37.8. The summed E-state index contributed by atoms with van der Waals surface area (Å²) in [6.07, 6.45) is 0.583. The van der Waals surface area contributed by atoms with Crippen LogP contribution in [0.5, 0.6) is 5.75 Å². The van der Waals surface area contributed by atoms with Crippen LogP contribution in [0.1, 0.15) is 49.5 Å². The van der Waals surface area contributed by atoms with Crippen molar-refractivity contribution in [2.24, 2.45) is 5.92 Å². The lowest BCUT2D eigenvalue weighted by atomic mass is 9.89. The molecule has 1 aromatic rings. The number of ether oxygens (including phenoxy) is 1. The monoisotopic (exact) mass is 387 g/mol. The van der Waals surface area contributed by atoms with Crippen molar-refractivity contribution in [3.8, 4) is 5.75 Å². The Hall–Kier alpha value is -2.52. The van der Waals surface area contributed by atoms with Crippen molar-refractivity contribution in [2.45, 2.75) is 51.2 Å². The van der Waals surface area contributed by atoms with Gasteiger partial charge >= 0.3 is 12.1 Å². The Morgan fingerprint density at radius 2 is 1.93 bits per heavy atom. The molecule has 27 heavy (non-hydrogen) atoms. The number of hydrogen-bond donors (Lipinski definition) is 1. The lowest BCUT2D eigenvalue weighted by molar-refractivity contribution is -0.172. The Morgan fingerprint density at radius 1 is 1.26 bits per heavy atom. The molecule has 1 saturated carbocycles. The first-order valence-corrected chi connectivity index (χ1v) is 8.79. The fraction of sp³-hybridized carbons (Fsp3) is 0.588. The number of amides is 1. The first-order valence-electron chi connectivity index (χ1n) is 8.79. The fourth-order valence-electron chi connectivity index (χ4n) is 3.32. The lowest BCUT2D eigenvalue weighted by Crippen LogP contribution is -2.54. The number of pyridine rings is 1. The number of rotatable bonds is 3. The van der Waals surface area contributed by atoms with Gasteiger partial charge in [0.2, 0.25) is 11.2 Å². The molecule has 0 aromatic carbocycles. The molecular formula is C17H20F3N3O4. The van der Waals surface area contributed by atoms with E-state index in [0.717, 1.165) is 36.9 Å². The predicted molar refractivity (Wildman–Crippen MR) is 88.8 cm³/mol. The largest absolute Gasteiger partial charge is 0.420 e. The Bertz CT molecular complexity index is 800. The zero-order valence-electron chi connectivity index (χ0n) is 14.7. The Balaban J connectivity index is 1.92. The number of fused-ring (bicyclic) bond motifs is 1. The van der Waals surface area contributed by atoms with Gasteiger partial charge in [-0.05, 0) is 19.8 Å². The van der Waals surface area contributed by atoms with Crippen molar-refractivity contribution >= 4 is 11.9 Å². The van der Waals surface area contributed by atoms with Crippen LogP contribution in [0.25, 0.3) is 0 Å². The lowest BCUT2D eigenvalue weighted by Gasteiger charge is -2.36. The SMILES string of the molecule is C[C@@H](N1CNn2ccc(=O)c(OC(=O)C3CCCCC3)c2C1=O)C(F)(F)F. The van der Waals surface area contributed by atoms with E-state index in [-0.39, 0.29) is 5.92 Å². The molecule has 1 atom stereocenters. The van der Waals surface area contributed by atoms with Gasteiger partial charge in [-0.25, -0.2) is 0 Å². The molecule has 1 aliphatic heterocycles. The molecule has 1 N–H and O–H groups in total. The number of hydrogen-bond acceptors (Lipinski definition) is 5. The molecule has 0 saturated heterocycles. The van der Waals surface area contributed by atoms with Crippen LogP contribution in [0.4, 0.5) is 13.2 Å². The molecule has 3 rings (SSSR count). The van der Waals surface area contributed by atoms with E-state index in [1.807, 2.05) is 0 Å². The van der Waals surface area contributed by atoms with Crippen molar-refractivity contribution in [1.82, 2.24) is 9.58 Å². The second kappa shape index (κ2) is 7.24. The summed E-state index contributed by atoms with van der Waals surface area (Å²) in [6, 6.07) is -0.973. The van der Waals surface area contributed by atoms with Gasteiger partial charge in [0, 0.05) is 12.3 Å². The number of carbonyl (C=O) groups excluding carboxylic acids is 2. The quantitative estimate of drug-likeness (QED) is 0.805. The van der Waals surface area contributed by atoms with E-state index in [0.29, 0.717) is 17.7 Å². The van der Waals surface area contributed by atoms with Gasteiger partial charge in [-0.2, -0.15) is 13.2 Å². The van der Waals surface area contributed by atoms with E-state index in [9.17, 15) is 27.6 Å². The van der Waals surface area contributed by atoms with Crippen LogP contribution < -0.4 is 15.6 Å². The summed E-state index contributed by atoms with van der Waals surface area (Å²) in [6.45, 7) is 0.454. The summed E-state index contributed by atoms with van der Waals surface area (Å²) in [7, 11) is 0. The van der Waals surface area contributed by atoms with Crippen LogP contribution >= 0.6 is 0 Å². The Kier molecular flexibility index (Phi) is 5.16. The van der Waals surface area contributed by atoms with Gasteiger partial charge in [-0.15, -0.1) is 0 Å². The molecule has 148 valence electrons. The highest BCUT2D eigenvalue weighted by molar-refractivity contribution is 5.97. The molecule has 7 nitrogen and oxygen atoms in total. The van der Waals surface area contributed by atoms with Crippen LogP contribution in [0.15, 0.2) is 17.1 Å². The van der Waals surface area contributed by atoms with Crippen LogP contribution in [0, 0.1) is 5.92 Å². The standard InChI is InChI=1S/C17H20F3N3O4/c1-10(17(18,19)20)22-9-21-23-8-7-12(24)14(13(23)15(22)25)27-16(26)11-5-3-2-4-6-11/h7-8,10-11,21H,2-6,9H2,1H3/t10-/m1/s1. The Morgan fingerprint density at radius 3 is 2.56 bits per heavy atom. The van der Waals surface area contributed by atoms with Gasteiger partial charge < -0.3 is 15.1 Å². The third-order valence-electron chi connectivity index (χ3n) is 5.01. The molecule has 1 fully saturated rings. The van der Waals surface area contributed by atoms with Crippen LogP contribution in [0.3, 0.4) is 0 Å². The molecule has 1 aromatic heterocycles. The van der Waals surface area contributed by atoms with Crippen LogP contribution in [-0.4, -0.2) is 40.3 Å². The molecule has 0 bridgehead atoms. The molecule has 0 spiro atoms. The zero-order valence-corrected chi connectivity index (χ0v) is 14.7. The maximum atomic E-state index is 13.0. The smallest absolute Gasteiger partial charge is 0.408 e. The minimum atomic E-state index is -4.63. The molecule has 1 amide bonds. The summed E-state index contributed by atoms with van der Waals surface area (Å²) in [5.74, 6) is -2.57. The minimum absolute atomic E-state index is 0.379. The average molecular weight is 387 g/mol. The number of aromatic nitrogens is 1. The van der Waals surface area contributed by atoms with Gasteiger partial charge in [0.25, 0.3) is 5.91 Å². The summed E-state index contributed by atoms with van der Waals surface area (Å²) >= 11 is 0. The molecule has 2 aliphatic rings. The first kappa shape index (κ1) is 19.2. The minimum Gasteiger partial charge on any atom is -0.420 e. The van der Waals surface area contributed by atoms with Crippen LogP contribution in [-0.2, 0) is 4.79 Å². The molecule has 0 radical (unpaired) electrons. The molecular weight excluding hydrogens is 367 g/mol. The third kappa shape index (κ3) is 3.79. The fourth-order valence-corrected chi connectivity index (χ4v) is 3.32. The van der Waals surface area contributed by atoms with Gasteiger partial charge in [0.1, 0.15) is 12.7 Å². The van der Waals surface area contributed by atoms with E-state index in [1.165, 1.54) is 6.20 Å². The topological polar surface area (TPSA) is 80.6 Å². The molecule has 1 aliphatic carbocycles. The number of nitrogens with zero attached hydrogens (tertiary/aromatic N) is 2. The highest BCUT2D eigenvalue weighted by Gasteiger charge is 2.45. The van der Waals surface area contributed by atoms with E-state index >= 15 is 0 Å². The predicted octanol–water partition coefficient (Wildman–Crippen LogP) is 2.24. The maximum absolute atomic E-state index is 13.0. The number of halogens is 3. The summed E-state index contributed by atoms with van der Waals surface area (Å²) in [5, 5.41) is 0.